The molecule has 1 heterocycles. The first-order chi connectivity index (χ1) is 11.1. The molecule has 0 aliphatic rings. The zero-order chi connectivity index (χ0) is 16.7. The molecule has 0 radical (unpaired) electrons. The Morgan fingerprint density at radius 2 is 2.09 bits per heavy atom. The Hall–Kier alpha value is -2.05. The molecule has 0 N–H and O–H groups in total. The zero-order valence-corrected chi connectivity index (χ0v) is 14.1. The third-order valence-electron chi connectivity index (χ3n) is 3.27. The van der Waals surface area contributed by atoms with Crippen LogP contribution in [0.2, 0.25) is 0 Å². The number of halogens is 1. The number of hydrogen-bond acceptors (Lipinski definition) is 4. The number of nitrogens with zero attached hydrogens (tertiary/aromatic N) is 3. The van der Waals surface area contributed by atoms with Gasteiger partial charge in [-0.15, -0.1) is 11.3 Å². The van der Waals surface area contributed by atoms with Crippen LogP contribution in [0.25, 0.3) is 6.08 Å². The summed E-state index contributed by atoms with van der Waals surface area (Å²) in [5, 5.41) is 2.63. The Kier molecular flexibility index (Phi) is 6.43. The van der Waals surface area contributed by atoms with E-state index in [9.17, 15) is 9.18 Å². The number of carbonyl (C=O) groups excluding carboxylic acids is 1. The fourth-order valence-electron chi connectivity index (χ4n) is 1.98. The van der Waals surface area contributed by atoms with Crippen molar-refractivity contribution in [1.29, 1.82) is 0 Å². The Labute approximate surface area is 139 Å². The van der Waals surface area contributed by atoms with Crippen molar-refractivity contribution < 1.29 is 9.18 Å². The highest BCUT2D eigenvalue weighted by Crippen LogP contribution is 2.12. The molecular weight excluding hydrogens is 313 g/mol. The molecule has 0 bridgehead atoms. The summed E-state index contributed by atoms with van der Waals surface area (Å²) in [5.74, 6) is -0.440. The minimum Gasteiger partial charge on any atom is -0.333 e. The average molecular weight is 333 g/mol. The molecule has 6 heteroatoms. The van der Waals surface area contributed by atoms with E-state index in [1.807, 2.05) is 24.4 Å². The number of thiazole rings is 1. The fraction of sp³-hybridized carbons (Fsp3) is 0.294. The highest BCUT2D eigenvalue weighted by Gasteiger charge is 2.14. The topological polar surface area (TPSA) is 36.4 Å². The van der Waals surface area contributed by atoms with Crippen molar-refractivity contribution in [3.8, 4) is 0 Å². The maximum Gasteiger partial charge on any atom is 0.247 e. The van der Waals surface area contributed by atoms with Crippen molar-refractivity contribution in [2.45, 2.75) is 6.54 Å². The van der Waals surface area contributed by atoms with Crippen LogP contribution < -0.4 is 0 Å². The van der Waals surface area contributed by atoms with Crippen LogP contribution in [0.3, 0.4) is 0 Å². The highest BCUT2D eigenvalue weighted by atomic mass is 32.1. The molecule has 0 saturated carbocycles. The minimum atomic E-state index is -0.293. The van der Waals surface area contributed by atoms with Gasteiger partial charge >= 0.3 is 0 Å². The van der Waals surface area contributed by atoms with Crippen molar-refractivity contribution in [3.05, 3.63) is 58.3 Å². The van der Waals surface area contributed by atoms with Gasteiger partial charge in [-0.2, -0.15) is 0 Å². The molecule has 0 fully saturated rings. The van der Waals surface area contributed by atoms with E-state index in [0.717, 1.165) is 5.01 Å². The van der Waals surface area contributed by atoms with E-state index in [0.29, 0.717) is 18.7 Å². The molecule has 1 aromatic carbocycles. The summed E-state index contributed by atoms with van der Waals surface area (Å²) in [7, 11) is 3.88. The quantitative estimate of drug-likeness (QED) is 0.731. The molecule has 0 spiro atoms. The Bertz CT molecular complexity index is 656. The summed E-state index contributed by atoms with van der Waals surface area (Å²) in [6, 6.07) is 6.54. The van der Waals surface area contributed by atoms with Crippen LogP contribution >= 0.6 is 11.3 Å². The van der Waals surface area contributed by atoms with Gasteiger partial charge in [0.25, 0.3) is 0 Å². The number of benzene rings is 1. The summed E-state index contributed by atoms with van der Waals surface area (Å²) in [4.78, 5) is 20.2. The van der Waals surface area contributed by atoms with Gasteiger partial charge in [-0.25, -0.2) is 9.37 Å². The second kappa shape index (κ2) is 8.55. The summed E-state index contributed by atoms with van der Waals surface area (Å²) >= 11 is 1.46. The predicted molar refractivity (Wildman–Crippen MR) is 91.5 cm³/mol. The minimum absolute atomic E-state index is 0.148. The predicted octanol–water partition coefficient (Wildman–Crippen LogP) is 2.89. The van der Waals surface area contributed by atoms with Crippen LogP contribution in [0.1, 0.15) is 10.6 Å². The molecular formula is C17H20FN3OS. The van der Waals surface area contributed by atoms with E-state index >= 15 is 0 Å². The number of aromatic nitrogens is 1. The van der Waals surface area contributed by atoms with Crippen molar-refractivity contribution >= 4 is 23.3 Å². The first kappa shape index (κ1) is 17.3. The van der Waals surface area contributed by atoms with Gasteiger partial charge in [-0.1, -0.05) is 18.2 Å². The molecule has 0 saturated heterocycles. The van der Waals surface area contributed by atoms with Gasteiger partial charge in [0.1, 0.15) is 10.8 Å². The zero-order valence-electron chi connectivity index (χ0n) is 13.3. The largest absolute Gasteiger partial charge is 0.333 e. The average Bonchev–Trinajstić information content (AvgIpc) is 3.04. The summed E-state index contributed by atoms with van der Waals surface area (Å²) in [5.41, 5.74) is 0.516. The normalized spacial score (nSPS) is 11.3. The van der Waals surface area contributed by atoms with Crippen LogP contribution in [0.5, 0.6) is 0 Å². The van der Waals surface area contributed by atoms with Crippen molar-refractivity contribution in [2.24, 2.45) is 0 Å². The lowest BCUT2D eigenvalue weighted by Crippen LogP contribution is -2.35. The fourth-order valence-corrected chi connectivity index (χ4v) is 2.51. The molecule has 0 unspecified atom stereocenters. The summed E-state index contributed by atoms with van der Waals surface area (Å²) in [6.45, 7) is 1.50. The monoisotopic (exact) mass is 333 g/mol. The van der Waals surface area contributed by atoms with Crippen molar-refractivity contribution in [3.63, 3.8) is 0 Å². The molecule has 1 aromatic heterocycles. The molecule has 0 atom stereocenters. The SMILES string of the molecule is CN(C)CCN(Cc1ccccc1F)C(=O)/C=C/c1nccs1. The number of rotatable bonds is 7. The Balaban J connectivity index is 2.09. The molecule has 0 aliphatic carbocycles. The van der Waals surface area contributed by atoms with Gasteiger partial charge in [-0.05, 0) is 26.2 Å². The first-order valence-corrected chi connectivity index (χ1v) is 8.19. The highest BCUT2D eigenvalue weighted by molar-refractivity contribution is 7.10. The number of amides is 1. The molecule has 2 aromatic rings. The van der Waals surface area contributed by atoms with Crippen LogP contribution in [0.4, 0.5) is 4.39 Å². The van der Waals surface area contributed by atoms with Crippen molar-refractivity contribution in [2.75, 3.05) is 27.2 Å². The number of carbonyl (C=O) groups is 1. The van der Waals surface area contributed by atoms with Crippen LogP contribution in [-0.4, -0.2) is 47.9 Å². The second-order valence-corrected chi connectivity index (χ2v) is 6.28. The van der Waals surface area contributed by atoms with E-state index in [2.05, 4.69) is 4.98 Å². The van der Waals surface area contributed by atoms with Gasteiger partial charge in [0, 0.05) is 42.9 Å². The lowest BCUT2D eigenvalue weighted by atomic mass is 10.2. The maximum absolute atomic E-state index is 13.8. The van der Waals surface area contributed by atoms with E-state index in [1.54, 1.807) is 35.4 Å². The lowest BCUT2D eigenvalue weighted by molar-refractivity contribution is -0.126. The van der Waals surface area contributed by atoms with Gasteiger partial charge in [0.05, 0.1) is 0 Å². The standard InChI is InChI=1S/C17H20FN3OS/c1-20(2)10-11-21(13-14-5-3-4-6-15(14)18)17(22)8-7-16-19-9-12-23-16/h3-9,12H,10-11,13H2,1-2H3/b8-7+. The summed E-state index contributed by atoms with van der Waals surface area (Å²) < 4.78 is 13.8. The summed E-state index contributed by atoms with van der Waals surface area (Å²) in [6.07, 6.45) is 4.88. The van der Waals surface area contributed by atoms with Gasteiger partial charge in [-0.3, -0.25) is 4.79 Å². The second-order valence-electron chi connectivity index (χ2n) is 5.36. The molecule has 23 heavy (non-hydrogen) atoms. The molecule has 1 amide bonds. The molecule has 122 valence electrons. The third-order valence-corrected chi connectivity index (χ3v) is 4.01. The van der Waals surface area contributed by atoms with Crippen LogP contribution in [0.15, 0.2) is 41.9 Å². The molecule has 0 aliphatic heterocycles. The van der Waals surface area contributed by atoms with Crippen LogP contribution in [-0.2, 0) is 11.3 Å². The number of likely N-dealkylation sites (N-methyl/N-ethyl adjacent to an activating group) is 1. The van der Waals surface area contributed by atoms with E-state index < -0.39 is 0 Å². The van der Waals surface area contributed by atoms with E-state index in [4.69, 9.17) is 0 Å². The van der Waals surface area contributed by atoms with E-state index in [-0.39, 0.29) is 18.3 Å². The third kappa shape index (κ3) is 5.58. The van der Waals surface area contributed by atoms with Crippen LogP contribution in [0, 0.1) is 5.82 Å². The van der Waals surface area contributed by atoms with Gasteiger partial charge in [0.15, 0.2) is 0 Å². The Morgan fingerprint density at radius 3 is 2.74 bits per heavy atom. The maximum atomic E-state index is 13.8. The van der Waals surface area contributed by atoms with Gasteiger partial charge < -0.3 is 9.80 Å². The number of hydrogen-bond donors (Lipinski definition) is 0. The first-order valence-electron chi connectivity index (χ1n) is 7.31. The smallest absolute Gasteiger partial charge is 0.247 e. The molecule has 4 nitrogen and oxygen atoms in total. The molecule has 2 rings (SSSR count). The van der Waals surface area contributed by atoms with Crippen molar-refractivity contribution in [1.82, 2.24) is 14.8 Å². The van der Waals surface area contributed by atoms with E-state index in [1.165, 1.54) is 23.5 Å². The Morgan fingerprint density at radius 1 is 1.30 bits per heavy atom. The lowest BCUT2D eigenvalue weighted by Gasteiger charge is -2.23. The van der Waals surface area contributed by atoms with Gasteiger partial charge in [0.2, 0.25) is 5.91 Å².